The van der Waals surface area contributed by atoms with Crippen LogP contribution >= 0.6 is 19.3 Å². The minimum absolute atomic E-state index is 0.0959. The Labute approximate surface area is 296 Å². The maximum absolute atomic E-state index is 14.3. The van der Waals surface area contributed by atoms with Crippen LogP contribution in [-0.2, 0) is 38.5 Å². The zero-order valence-corrected chi connectivity index (χ0v) is 30.5. The lowest BCUT2D eigenvalue weighted by molar-refractivity contribution is -0.168. The number of hydrogen-bond donors (Lipinski definition) is 3. The van der Waals surface area contributed by atoms with E-state index in [0.29, 0.717) is 22.6 Å². The molecule has 2 aromatic heterocycles. The Hall–Kier alpha value is -3.70. The Bertz CT molecular complexity index is 1730. The van der Waals surface area contributed by atoms with Crippen molar-refractivity contribution in [3.63, 3.8) is 0 Å². The fourth-order valence-corrected chi connectivity index (χ4v) is 7.18. The topological polar surface area (TPSA) is 197 Å². The van der Waals surface area contributed by atoms with Crippen LogP contribution in [0.2, 0.25) is 5.02 Å². The Kier molecular flexibility index (Phi) is 12.9. The van der Waals surface area contributed by atoms with E-state index in [9.17, 15) is 24.5 Å². The average molecular weight is 734 g/mol. The van der Waals surface area contributed by atoms with Gasteiger partial charge < -0.3 is 29.6 Å². The summed E-state index contributed by atoms with van der Waals surface area (Å²) in [6.45, 7) is 7.62. The van der Waals surface area contributed by atoms with Crippen LogP contribution in [-0.4, -0.2) is 63.7 Å². The molecule has 0 radical (unpaired) electrons. The first-order valence-corrected chi connectivity index (χ1v) is 18.5. The third kappa shape index (κ3) is 8.60. The molecule has 3 heterocycles. The van der Waals surface area contributed by atoms with Crippen LogP contribution in [0.3, 0.4) is 0 Å². The zero-order chi connectivity index (χ0) is 36.7. The summed E-state index contributed by atoms with van der Waals surface area (Å²) in [5.74, 6) is -1.88. The standard InChI is InChI=1S/C34H45ClN5O9P/c1-6-7-8-9-10-19-45-32(42)23(4)39-50(44,49-25-13-11-24(35)12-14-25)46-20-28-30(47-31(41)22(2)3)33(5,43)34(21-36,48-28)29-16-15-27-26(37)17-18-38-40(27)29/h11-18,22-23,28,30,43H,6-10,19-20,37H2,1-5H3,(H,39,44)/t23-,28+,30+,33+,34-,50?/m0/s1. The summed E-state index contributed by atoms with van der Waals surface area (Å²) >= 11 is 6.02. The fraction of sp³-hybridized carbons (Fsp3) is 0.529. The molecule has 3 aromatic rings. The molecule has 1 unspecified atom stereocenters. The molecule has 16 heteroatoms. The highest BCUT2D eigenvalue weighted by atomic mass is 35.5. The number of anilines is 1. The quantitative estimate of drug-likeness (QED) is 0.0869. The van der Waals surface area contributed by atoms with Gasteiger partial charge in [-0.3, -0.25) is 14.1 Å². The van der Waals surface area contributed by atoms with Crippen molar-refractivity contribution in [3.8, 4) is 11.8 Å². The number of halogens is 1. The van der Waals surface area contributed by atoms with Crippen molar-refractivity contribution >= 4 is 42.5 Å². The van der Waals surface area contributed by atoms with Crippen LogP contribution in [0, 0.1) is 17.2 Å². The number of carbonyl (C=O) groups excluding carboxylic acids is 2. The van der Waals surface area contributed by atoms with E-state index in [4.69, 9.17) is 40.6 Å². The summed E-state index contributed by atoms with van der Waals surface area (Å²) < 4.78 is 44.8. The number of nitriles is 1. The lowest BCUT2D eigenvalue weighted by Gasteiger charge is -2.34. The van der Waals surface area contributed by atoms with E-state index in [1.807, 2.05) is 0 Å². The number of nitrogens with two attached hydrogens (primary N) is 1. The number of esters is 2. The molecule has 1 fully saturated rings. The van der Waals surface area contributed by atoms with Gasteiger partial charge >= 0.3 is 19.7 Å². The molecular weight excluding hydrogens is 689 g/mol. The molecule has 4 rings (SSSR count). The van der Waals surface area contributed by atoms with Crippen molar-refractivity contribution < 1.29 is 42.5 Å². The highest BCUT2D eigenvalue weighted by molar-refractivity contribution is 7.52. The summed E-state index contributed by atoms with van der Waals surface area (Å²) in [6.07, 6.45) is 3.33. The second-order valence-electron chi connectivity index (χ2n) is 12.7. The molecule has 6 atom stereocenters. The number of aromatic nitrogens is 2. The van der Waals surface area contributed by atoms with Gasteiger partial charge in [-0.05, 0) is 62.7 Å². The first kappa shape index (κ1) is 39.1. The number of ether oxygens (including phenoxy) is 3. The molecule has 1 saturated heterocycles. The number of nitrogens with zero attached hydrogens (tertiary/aromatic N) is 3. The lowest BCUT2D eigenvalue weighted by Crippen LogP contribution is -2.54. The molecule has 0 spiro atoms. The summed E-state index contributed by atoms with van der Waals surface area (Å²) in [4.78, 5) is 25.8. The van der Waals surface area contributed by atoms with Gasteiger partial charge in [0, 0.05) is 11.2 Å². The molecule has 272 valence electrons. The van der Waals surface area contributed by atoms with E-state index < -0.39 is 61.7 Å². The van der Waals surface area contributed by atoms with Crippen LogP contribution in [0.15, 0.2) is 48.7 Å². The summed E-state index contributed by atoms with van der Waals surface area (Å²) in [7, 11) is -4.46. The SMILES string of the molecule is CCCCCCCOC(=O)[C@H](C)NP(=O)(OC[C@H]1O[C@@](C#N)(c2ccc3c(N)ccnn23)[C@](C)(O)[C@@H]1OC(=O)C(C)C)Oc1ccc(Cl)cc1. The second kappa shape index (κ2) is 16.5. The molecule has 50 heavy (non-hydrogen) atoms. The predicted octanol–water partition coefficient (Wildman–Crippen LogP) is 5.70. The van der Waals surface area contributed by atoms with Crippen molar-refractivity contribution in [1.82, 2.24) is 14.7 Å². The number of carbonyl (C=O) groups is 2. The lowest BCUT2D eigenvalue weighted by atomic mass is 9.80. The average Bonchev–Trinajstić information content (AvgIpc) is 3.60. The van der Waals surface area contributed by atoms with Crippen LogP contribution in [0.25, 0.3) is 5.52 Å². The van der Waals surface area contributed by atoms with Crippen LogP contribution < -0.4 is 15.3 Å². The summed E-state index contributed by atoms with van der Waals surface area (Å²) in [6, 6.07) is 11.6. The molecule has 1 aliphatic heterocycles. The van der Waals surface area contributed by atoms with Crippen molar-refractivity contribution in [2.24, 2.45) is 5.92 Å². The minimum atomic E-state index is -4.46. The predicted molar refractivity (Wildman–Crippen MR) is 185 cm³/mol. The van der Waals surface area contributed by atoms with E-state index in [2.05, 4.69) is 23.2 Å². The number of benzene rings is 1. The van der Waals surface area contributed by atoms with Gasteiger partial charge in [0.15, 0.2) is 6.10 Å². The molecule has 0 saturated carbocycles. The third-order valence-electron chi connectivity index (χ3n) is 8.40. The molecule has 1 aromatic carbocycles. The molecule has 1 aliphatic rings. The minimum Gasteiger partial charge on any atom is -0.465 e. The van der Waals surface area contributed by atoms with Crippen molar-refractivity contribution in [3.05, 3.63) is 59.4 Å². The largest absolute Gasteiger partial charge is 0.465 e. The molecule has 0 aliphatic carbocycles. The fourth-order valence-electron chi connectivity index (χ4n) is 5.55. The Morgan fingerprint density at radius 2 is 1.84 bits per heavy atom. The normalized spacial score (nSPS) is 23.7. The van der Waals surface area contributed by atoms with Gasteiger partial charge in [-0.15, -0.1) is 0 Å². The number of fused-ring (bicyclic) bond motifs is 1. The van der Waals surface area contributed by atoms with E-state index in [1.165, 1.54) is 54.9 Å². The van der Waals surface area contributed by atoms with E-state index in [0.717, 1.165) is 25.7 Å². The first-order valence-electron chi connectivity index (χ1n) is 16.6. The number of aliphatic hydroxyl groups is 1. The smallest absolute Gasteiger partial charge is 0.459 e. The number of hydrogen-bond acceptors (Lipinski definition) is 12. The Morgan fingerprint density at radius 3 is 2.50 bits per heavy atom. The Balaban J connectivity index is 1.63. The van der Waals surface area contributed by atoms with Gasteiger partial charge in [-0.1, -0.05) is 58.1 Å². The van der Waals surface area contributed by atoms with Gasteiger partial charge in [0.2, 0.25) is 5.60 Å². The zero-order valence-electron chi connectivity index (χ0n) is 28.8. The molecule has 0 amide bonds. The second-order valence-corrected chi connectivity index (χ2v) is 14.8. The van der Waals surface area contributed by atoms with Crippen molar-refractivity contribution in [2.75, 3.05) is 18.9 Å². The number of unbranched alkanes of at least 4 members (excludes halogenated alkanes) is 4. The maximum atomic E-state index is 14.3. The molecule has 0 bridgehead atoms. The number of nitrogens with one attached hydrogen (secondary N) is 1. The van der Waals surface area contributed by atoms with Crippen LogP contribution in [0.1, 0.15) is 72.4 Å². The molecule has 4 N–H and O–H groups in total. The molecule has 14 nitrogen and oxygen atoms in total. The van der Waals surface area contributed by atoms with E-state index in [-0.39, 0.29) is 18.1 Å². The van der Waals surface area contributed by atoms with Gasteiger partial charge in [-0.2, -0.15) is 15.4 Å². The highest BCUT2D eigenvalue weighted by Crippen LogP contribution is 2.51. The number of nitrogen functional groups attached to an aromatic ring is 1. The van der Waals surface area contributed by atoms with Crippen molar-refractivity contribution in [2.45, 2.75) is 96.2 Å². The first-order chi connectivity index (χ1) is 23.7. The highest BCUT2D eigenvalue weighted by Gasteiger charge is 2.67. The van der Waals surface area contributed by atoms with Crippen LogP contribution in [0.5, 0.6) is 5.75 Å². The molecular formula is C34H45ClN5O9P. The van der Waals surface area contributed by atoms with Gasteiger partial charge in [0.25, 0.3) is 0 Å². The van der Waals surface area contributed by atoms with E-state index >= 15 is 0 Å². The van der Waals surface area contributed by atoms with Crippen molar-refractivity contribution in [1.29, 1.82) is 5.26 Å². The van der Waals surface area contributed by atoms with Crippen LogP contribution in [0.4, 0.5) is 5.69 Å². The Morgan fingerprint density at radius 1 is 1.14 bits per heavy atom. The maximum Gasteiger partial charge on any atom is 0.459 e. The van der Waals surface area contributed by atoms with Gasteiger partial charge in [-0.25, -0.2) is 9.08 Å². The van der Waals surface area contributed by atoms with E-state index in [1.54, 1.807) is 26.0 Å². The monoisotopic (exact) mass is 733 g/mol. The summed E-state index contributed by atoms with van der Waals surface area (Å²) in [5, 5.41) is 30.0. The van der Waals surface area contributed by atoms with Gasteiger partial charge in [0.1, 0.15) is 29.6 Å². The third-order valence-corrected chi connectivity index (χ3v) is 10.3. The summed E-state index contributed by atoms with van der Waals surface area (Å²) in [5.41, 5.74) is 2.64. The van der Waals surface area contributed by atoms with Gasteiger partial charge in [0.05, 0.1) is 36.0 Å². The number of rotatable bonds is 17.